The van der Waals surface area contributed by atoms with Gasteiger partial charge in [0.2, 0.25) is 0 Å². The number of rotatable bonds is 2. The van der Waals surface area contributed by atoms with E-state index in [9.17, 15) is 4.39 Å². The number of halogens is 1. The molecule has 0 spiro atoms. The summed E-state index contributed by atoms with van der Waals surface area (Å²) in [6.45, 7) is 3.43. The van der Waals surface area contributed by atoms with Crippen LogP contribution in [0.3, 0.4) is 0 Å². The Bertz CT molecular complexity index is 310. The molecule has 3 N–H and O–H groups in total. The Labute approximate surface area is 77.2 Å². The van der Waals surface area contributed by atoms with Gasteiger partial charge in [0.1, 0.15) is 5.82 Å². The fourth-order valence-electron chi connectivity index (χ4n) is 1.26. The Balaban J connectivity index is 3.20. The molecule has 0 aromatic heterocycles. The lowest BCUT2D eigenvalue weighted by Crippen LogP contribution is -2.08. The van der Waals surface area contributed by atoms with E-state index in [4.69, 9.17) is 10.8 Å². The molecule has 0 bridgehead atoms. The maximum atomic E-state index is 13.3. The second-order valence-electron chi connectivity index (χ2n) is 3.25. The van der Waals surface area contributed by atoms with Crippen molar-refractivity contribution in [3.63, 3.8) is 0 Å². The van der Waals surface area contributed by atoms with E-state index in [1.165, 1.54) is 6.07 Å². The Morgan fingerprint density at radius 3 is 2.62 bits per heavy atom. The summed E-state index contributed by atoms with van der Waals surface area (Å²) >= 11 is 0. The van der Waals surface area contributed by atoms with Crippen LogP contribution in [-0.4, -0.2) is 5.11 Å². The van der Waals surface area contributed by atoms with E-state index < -0.39 is 0 Å². The summed E-state index contributed by atoms with van der Waals surface area (Å²) in [6.07, 6.45) is 0. The summed E-state index contributed by atoms with van der Waals surface area (Å²) < 4.78 is 13.3. The van der Waals surface area contributed by atoms with Crippen LogP contribution in [0.15, 0.2) is 12.1 Å². The zero-order valence-corrected chi connectivity index (χ0v) is 7.84. The van der Waals surface area contributed by atoms with Crippen molar-refractivity contribution in [2.45, 2.75) is 26.5 Å². The number of aryl methyl sites for hydroxylation is 1. The van der Waals surface area contributed by atoms with Gasteiger partial charge in [0.05, 0.1) is 6.61 Å². The van der Waals surface area contributed by atoms with Gasteiger partial charge in [-0.15, -0.1) is 0 Å². The van der Waals surface area contributed by atoms with Gasteiger partial charge >= 0.3 is 0 Å². The van der Waals surface area contributed by atoms with Crippen molar-refractivity contribution >= 4 is 0 Å². The number of nitrogens with two attached hydrogens (primary N) is 1. The van der Waals surface area contributed by atoms with Crippen molar-refractivity contribution < 1.29 is 9.50 Å². The zero-order valence-electron chi connectivity index (χ0n) is 7.84. The molecule has 1 unspecified atom stereocenters. The quantitative estimate of drug-likeness (QED) is 0.732. The normalized spacial score (nSPS) is 13.0. The van der Waals surface area contributed by atoms with Crippen LogP contribution in [0.5, 0.6) is 0 Å². The number of hydrogen-bond acceptors (Lipinski definition) is 2. The first-order chi connectivity index (χ1) is 6.06. The Hall–Kier alpha value is -0.930. The first-order valence-corrected chi connectivity index (χ1v) is 4.21. The predicted octanol–water partition coefficient (Wildman–Crippen LogP) is 1.65. The van der Waals surface area contributed by atoms with Gasteiger partial charge in [-0.3, -0.25) is 0 Å². The van der Waals surface area contributed by atoms with Gasteiger partial charge < -0.3 is 10.8 Å². The standard InChI is InChI=1S/C10H14FNO/c1-6-3-9(7(2)12)10(11)4-8(6)5-13/h3-4,7,13H,5,12H2,1-2H3. The molecule has 0 aliphatic rings. The van der Waals surface area contributed by atoms with E-state index in [1.54, 1.807) is 13.0 Å². The molecule has 0 radical (unpaired) electrons. The molecule has 0 heterocycles. The minimum atomic E-state index is -0.343. The maximum absolute atomic E-state index is 13.3. The molecule has 0 fully saturated rings. The minimum Gasteiger partial charge on any atom is -0.392 e. The molecular formula is C10H14FNO. The minimum absolute atomic E-state index is 0.137. The van der Waals surface area contributed by atoms with Crippen LogP contribution in [0, 0.1) is 12.7 Å². The van der Waals surface area contributed by atoms with Crippen LogP contribution < -0.4 is 5.73 Å². The van der Waals surface area contributed by atoms with Crippen molar-refractivity contribution in [1.82, 2.24) is 0 Å². The average molecular weight is 183 g/mol. The van der Waals surface area contributed by atoms with E-state index >= 15 is 0 Å². The van der Waals surface area contributed by atoms with Crippen LogP contribution in [0.25, 0.3) is 0 Å². The topological polar surface area (TPSA) is 46.2 Å². The summed E-state index contributed by atoms with van der Waals surface area (Å²) in [5.74, 6) is -0.343. The molecule has 1 aromatic carbocycles. The average Bonchev–Trinajstić information content (AvgIpc) is 2.07. The third-order valence-electron chi connectivity index (χ3n) is 2.12. The molecule has 0 aliphatic carbocycles. The van der Waals surface area contributed by atoms with Crippen LogP contribution in [-0.2, 0) is 6.61 Å². The Morgan fingerprint density at radius 1 is 1.54 bits per heavy atom. The van der Waals surface area contributed by atoms with Crippen LogP contribution in [0.1, 0.15) is 29.7 Å². The molecule has 13 heavy (non-hydrogen) atoms. The SMILES string of the molecule is Cc1cc(C(C)N)c(F)cc1CO. The second-order valence-corrected chi connectivity index (χ2v) is 3.25. The largest absolute Gasteiger partial charge is 0.392 e. The van der Waals surface area contributed by atoms with Gasteiger partial charge in [-0.1, -0.05) is 6.07 Å². The van der Waals surface area contributed by atoms with E-state index in [1.807, 2.05) is 6.92 Å². The predicted molar refractivity (Wildman–Crippen MR) is 49.7 cm³/mol. The Morgan fingerprint density at radius 2 is 2.15 bits per heavy atom. The van der Waals surface area contributed by atoms with Gasteiger partial charge in [-0.2, -0.15) is 0 Å². The molecule has 0 saturated heterocycles. The number of aliphatic hydroxyl groups is 1. The van der Waals surface area contributed by atoms with Gasteiger partial charge in [0.15, 0.2) is 0 Å². The fraction of sp³-hybridized carbons (Fsp3) is 0.400. The maximum Gasteiger partial charge on any atom is 0.128 e. The summed E-state index contributed by atoms with van der Waals surface area (Å²) in [4.78, 5) is 0. The second kappa shape index (κ2) is 3.85. The highest BCUT2D eigenvalue weighted by atomic mass is 19.1. The summed E-state index contributed by atoms with van der Waals surface area (Å²) in [5, 5.41) is 8.87. The highest BCUT2D eigenvalue weighted by Crippen LogP contribution is 2.19. The lowest BCUT2D eigenvalue weighted by atomic mass is 10.0. The van der Waals surface area contributed by atoms with E-state index in [0.29, 0.717) is 11.1 Å². The first-order valence-electron chi connectivity index (χ1n) is 4.21. The summed E-state index contributed by atoms with van der Waals surface area (Å²) in [5.41, 5.74) is 7.55. The van der Waals surface area contributed by atoms with Gasteiger partial charge in [0.25, 0.3) is 0 Å². The van der Waals surface area contributed by atoms with Gasteiger partial charge in [-0.25, -0.2) is 4.39 Å². The van der Waals surface area contributed by atoms with Crippen LogP contribution in [0.4, 0.5) is 4.39 Å². The molecule has 0 saturated carbocycles. The van der Waals surface area contributed by atoms with E-state index in [-0.39, 0.29) is 18.5 Å². The summed E-state index contributed by atoms with van der Waals surface area (Å²) in [7, 11) is 0. The third kappa shape index (κ3) is 2.05. The number of aliphatic hydroxyl groups excluding tert-OH is 1. The smallest absolute Gasteiger partial charge is 0.128 e. The molecule has 72 valence electrons. The van der Waals surface area contributed by atoms with E-state index in [0.717, 1.165) is 5.56 Å². The van der Waals surface area contributed by atoms with Crippen LogP contribution in [0.2, 0.25) is 0 Å². The lowest BCUT2D eigenvalue weighted by Gasteiger charge is -2.10. The highest BCUT2D eigenvalue weighted by molar-refractivity contribution is 5.33. The van der Waals surface area contributed by atoms with E-state index in [2.05, 4.69) is 0 Å². The number of hydrogen-bond donors (Lipinski definition) is 2. The van der Waals surface area contributed by atoms with Crippen molar-refractivity contribution in [3.05, 3.63) is 34.6 Å². The zero-order chi connectivity index (χ0) is 10.0. The van der Waals surface area contributed by atoms with Crippen LogP contribution >= 0.6 is 0 Å². The molecular weight excluding hydrogens is 169 g/mol. The molecule has 1 atom stereocenters. The van der Waals surface area contributed by atoms with Gasteiger partial charge in [0, 0.05) is 11.6 Å². The van der Waals surface area contributed by atoms with Crippen molar-refractivity contribution in [2.24, 2.45) is 5.73 Å². The lowest BCUT2D eigenvalue weighted by molar-refractivity contribution is 0.280. The molecule has 0 amide bonds. The monoisotopic (exact) mass is 183 g/mol. The third-order valence-corrected chi connectivity index (χ3v) is 2.12. The fourth-order valence-corrected chi connectivity index (χ4v) is 1.26. The Kier molecular flexibility index (Phi) is 3.01. The van der Waals surface area contributed by atoms with Crippen molar-refractivity contribution in [3.8, 4) is 0 Å². The number of benzene rings is 1. The van der Waals surface area contributed by atoms with Crippen molar-refractivity contribution in [1.29, 1.82) is 0 Å². The molecule has 0 aliphatic heterocycles. The summed E-state index contributed by atoms with van der Waals surface area (Å²) in [6, 6.07) is 2.71. The molecule has 1 rings (SSSR count). The first kappa shape index (κ1) is 10.2. The highest BCUT2D eigenvalue weighted by Gasteiger charge is 2.09. The molecule has 2 nitrogen and oxygen atoms in total. The van der Waals surface area contributed by atoms with Crippen molar-refractivity contribution in [2.75, 3.05) is 0 Å². The van der Waals surface area contributed by atoms with Gasteiger partial charge in [-0.05, 0) is 31.0 Å². The molecule has 1 aromatic rings. The molecule has 3 heteroatoms.